The van der Waals surface area contributed by atoms with Gasteiger partial charge in [0.05, 0.1) is 17.9 Å². The van der Waals surface area contributed by atoms with E-state index in [0.717, 1.165) is 11.4 Å². The van der Waals surface area contributed by atoms with Crippen molar-refractivity contribution < 1.29 is 18.5 Å². The van der Waals surface area contributed by atoms with Crippen LogP contribution in [0.4, 0.5) is 5.69 Å². The first-order chi connectivity index (χ1) is 11.5. The molecule has 0 saturated carbocycles. The standard InChI is InChI=1S/C15H23ClN2O4P2S/c1-11(2)21-24(20,22-12(3)4)25-15-13(5)17-18(23(15,16)19)14-9-7-6-8-10-14/h6-12,15H,1-5H3. The number of rotatable bonds is 7. The van der Waals surface area contributed by atoms with Crippen molar-refractivity contribution in [2.45, 2.75) is 51.8 Å². The summed E-state index contributed by atoms with van der Waals surface area (Å²) < 4.78 is 25.5. The predicted octanol–water partition coefficient (Wildman–Crippen LogP) is 5.26. The summed E-state index contributed by atoms with van der Waals surface area (Å²) in [5, 5.41) is 4.34. The fourth-order valence-electron chi connectivity index (χ4n) is 2.21. The highest BCUT2D eigenvalue weighted by Crippen LogP contribution is 2.77. The van der Waals surface area contributed by atoms with Gasteiger partial charge in [-0.15, -0.1) is 9.88 Å². The van der Waals surface area contributed by atoms with Gasteiger partial charge in [-0.3, -0.25) is 9.05 Å². The topological polar surface area (TPSA) is 74.2 Å². The molecular weight excluding hydrogens is 402 g/mol. The van der Waals surface area contributed by atoms with E-state index in [2.05, 4.69) is 5.10 Å². The van der Waals surface area contributed by atoms with Gasteiger partial charge in [0.25, 0.3) is 0 Å². The maximum Gasteiger partial charge on any atom is 0.393 e. The first kappa shape index (κ1) is 21.2. The molecule has 1 aliphatic rings. The third-order valence-corrected chi connectivity index (χ3v) is 12.0. The maximum atomic E-state index is 13.3. The van der Waals surface area contributed by atoms with Crippen LogP contribution in [0.5, 0.6) is 0 Å². The summed E-state index contributed by atoms with van der Waals surface area (Å²) in [6.45, 7) is 1.72. The number of nitrogens with zero attached hydrogens (tertiary/aromatic N) is 2. The van der Waals surface area contributed by atoms with Crippen LogP contribution in [-0.2, 0) is 13.6 Å². The zero-order valence-corrected chi connectivity index (χ0v) is 18.2. The molecule has 0 N–H and O–H groups in total. The van der Waals surface area contributed by atoms with Crippen LogP contribution in [0.1, 0.15) is 34.6 Å². The number of benzene rings is 1. The Kier molecular flexibility index (Phi) is 7.00. The molecule has 140 valence electrons. The van der Waals surface area contributed by atoms with Gasteiger partial charge in [0.15, 0.2) is 4.99 Å². The molecule has 0 fully saturated rings. The molecule has 2 unspecified atom stereocenters. The largest absolute Gasteiger partial charge is 0.644 e. The van der Waals surface area contributed by atoms with E-state index in [-0.39, 0.29) is 12.2 Å². The Morgan fingerprint density at radius 1 is 1.24 bits per heavy atom. The van der Waals surface area contributed by atoms with Gasteiger partial charge in [-0.1, -0.05) is 18.2 Å². The SMILES string of the molecule is CC1=NN(c2ccccc2)[P+]([O-])(Cl)C1SP(=O)(OC(C)C)OC(C)C. The van der Waals surface area contributed by atoms with E-state index in [1.54, 1.807) is 46.8 Å². The Labute approximate surface area is 158 Å². The summed E-state index contributed by atoms with van der Waals surface area (Å²) >= 11 is 7.29. The number of halogens is 1. The second kappa shape index (κ2) is 8.26. The fraction of sp³-hybridized carbons (Fsp3) is 0.533. The summed E-state index contributed by atoms with van der Waals surface area (Å²) in [6, 6.07) is 9.02. The predicted molar refractivity (Wildman–Crippen MR) is 106 cm³/mol. The lowest BCUT2D eigenvalue weighted by molar-refractivity contribution is -0.163. The second-order valence-electron chi connectivity index (χ2n) is 6.12. The van der Waals surface area contributed by atoms with Crippen molar-refractivity contribution in [3.05, 3.63) is 30.3 Å². The summed E-state index contributed by atoms with van der Waals surface area (Å²) in [6.07, 6.45) is -0.619. The molecule has 2 atom stereocenters. The lowest BCUT2D eigenvalue weighted by atomic mass is 10.3. The average Bonchev–Trinajstić information content (AvgIpc) is 2.69. The van der Waals surface area contributed by atoms with Gasteiger partial charge < -0.3 is 4.89 Å². The molecule has 1 aromatic carbocycles. The summed E-state index contributed by atoms with van der Waals surface area (Å²) in [4.78, 5) is 12.5. The molecule has 0 aromatic heterocycles. The van der Waals surface area contributed by atoms with Crippen LogP contribution >= 0.6 is 36.4 Å². The van der Waals surface area contributed by atoms with Crippen LogP contribution in [0, 0.1) is 0 Å². The molecule has 0 spiro atoms. The minimum atomic E-state index is -3.56. The normalized spacial score (nSPS) is 24.3. The van der Waals surface area contributed by atoms with E-state index in [9.17, 15) is 9.46 Å². The smallest absolute Gasteiger partial charge is 0.393 e. The summed E-state index contributed by atoms with van der Waals surface area (Å²) in [5.74, 6) is 0. The molecule has 0 saturated heterocycles. The van der Waals surface area contributed by atoms with Gasteiger partial charge >= 0.3 is 6.80 Å². The molecule has 1 aliphatic heterocycles. The van der Waals surface area contributed by atoms with Gasteiger partial charge in [0, 0.05) is 11.4 Å². The monoisotopic (exact) mass is 424 g/mol. The van der Waals surface area contributed by atoms with Gasteiger partial charge in [-0.05, 0) is 46.8 Å². The van der Waals surface area contributed by atoms with Crippen LogP contribution in [0.2, 0.25) is 0 Å². The number of hydrazone groups is 1. The van der Waals surface area contributed by atoms with Crippen molar-refractivity contribution in [2.24, 2.45) is 5.10 Å². The molecule has 6 nitrogen and oxygen atoms in total. The average molecular weight is 425 g/mol. The molecular formula is C15H23ClN2O4P2S. The fourth-order valence-corrected chi connectivity index (χ4v) is 12.4. The van der Waals surface area contributed by atoms with Gasteiger partial charge in [0.1, 0.15) is 16.9 Å². The maximum absolute atomic E-state index is 13.3. The Hall–Kier alpha value is -0.130. The highest BCUT2D eigenvalue weighted by molar-refractivity contribution is 8.57. The molecule has 1 heterocycles. The Bertz CT molecular complexity index is 659. The second-order valence-corrected chi connectivity index (χ2v) is 13.9. The van der Waals surface area contributed by atoms with Crippen molar-refractivity contribution in [3.63, 3.8) is 0 Å². The molecule has 2 rings (SSSR count). The molecule has 1 aromatic rings. The minimum absolute atomic E-state index is 0.310. The molecule has 25 heavy (non-hydrogen) atoms. The Balaban J connectivity index is 2.29. The molecule has 0 bridgehead atoms. The Morgan fingerprint density at radius 2 is 1.76 bits per heavy atom. The molecule has 10 heteroatoms. The Morgan fingerprint density at radius 3 is 2.24 bits per heavy atom. The number of hydrogen-bond acceptors (Lipinski definition) is 7. The van der Waals surface area contributed by atoms with E-state index in [1.165, 1.54) is 4.78 Å². The number of anilines is 1. The van der Waals surface area contributed by atoms with Crippen LogP contribution in [-0.4, -0.2) is 22.9 Å². The highest BCUT2D eigenvalue weighted by atomic mass is 35.7. The highest BCUT2D eigenvalue weighted by Gasteiger charge is 2.55. The van der Waals surface area contributed by atoms with Crippen LogP contribution < -0.4 is 9.67 Å². The first-order valence-electron chi connectivity index (χ1n) is 7.90. The zero-order valence-electron chi connectivity index (χ0n) is 14.8. The summed E-state index contributed by atoms with van der Waals surface area (Å²) in [5.41, 5.74) is 1.14. The lowest BCUT2D eigenvalue weighted by Gasteiger charge is -2.32. The quantitative estimate of drug-likeness (QED) is 0.556. The zero-order chi connectivity index (χ0) is 18.8. The molecule has 0 aliphatic carbocycles. The van der Waals surface area contributed by atoms with Crippen LogP contribution in [0.25, 0.3) is 0 Å². The van der Waals surface area contributed by atoms with Crippen molar-refractivity contribution in [3.8, 4) is 0 Å². The number of para-hydroxylation sites is 1. The van der Waals surface area contributed by atoms with Gasteiger partial charge in [-0.2, -0.15) is 0 Å². The lowest BCUT2D eigenvalue weighted by Crippen LogP contribution is -2.26. The summed E-state index contributed by atoms with van der Waals surface area (Å²) in [7, 11) is 0. The van der Waals surface area contributed by atoms with Gasteiger partial charge in [-0.25, -0.2) is 4.57 Å². The first-order valence-corrected chi connectivity index (χ1v) is 13.6. The van der Waals surface area contributed by atoms with Crippen molar-refractivity contribution >= 4 is 47.8 Å². The van der Waals surface area contributed by atoms with Crippen molar-refractivity contribution in [1.29, 1.82) is 0 Å². The van der Waals surface area contributed by atoms with Crippen LogP contribution in [0.3, 0.4) is 0 Å². The van der Waals surface area contributed by atoms with E-state index in [1.807, 2.05) is 18.2 Å². The van der Waals surface area contributed by atoms with Gasteiger partial charge in [0.2, 0.25) is 6.99 Å². The van der Waals surface area contributed by atoms with E-state index < -0.39 is 18.8 Å². The number of hydrogen-bond donors (Lipinski definition) is 0. The third-order valence-electron chi connectivity index (χ3n) is 3.05. The van der Waals surface area contributed by atoms with Crippen molar-refractivity contribution in [2.75, 3.05) is 4.78 Å². The van der Waals surface area contributed by atoms with E-state index in [0.29, 0.717) is 11.4 Å². The van der Waals surface area contributed by atoms with E-state index in [4.69, 9.17) is 20.3 Å². The van der Waals surface area contributed by atoms with E-state index >= 15 is 0 Å². The van der Waals surface area contributed by atoms with Crippen molar-refractivity contribution in [1.82, 2.24) is 0 Å². The molecule has 0 radical (unpaired) electrons. The minimum Gasteiger partial charge on any atom is -0.644 e. The van der Waals surface area contributed by atoms with Crippen LogP contribution in [0.15, 0.2) is 35.4 Å². The third kappa shape index (κ3) is 5.20. The molecule has 0 amide bonds.